The van der Waals surface area contributed by atoms with Crippen LogP contribution >= 0.6 is 0 Å². The highest BCUT2D eigenvalue weighted by Gasteiger charge is 2.22. The predicted molar refractivity (Wildman–Crippen MR) is 98.9 cm³/mol. The molecule has 10 nitrogen and oxygen atoms in total. The van der Waals surface area contributed by atoms with Crippen molar-refractivity contribution in [2.45, 2.75) is 13.5 Å². The van der Waals surface area contributed by atoms with E-state index in [9.17, 15) is 19.7 Å². The van der Waals surface area contributed by atoms with Gasteiger partial charge in [0.1, 0.15) is 5.76 Å². The summed E-state index contributed by atoms with van der Waals surface area (Å²) in [6.07, 6.45) is 2.97. The summed E-state index contributed by atoms with van der Waals surface area (Å²) in [5.74, 6) is -0.501. The van der Waals surface area contributed by atoms with Gasteiger partial charge in [0, 0.05) is 30.4 Å². The van der Waals surface area contributed by atoms with Crippen molar-refractivity contribution < 1.29 is 18.9 Å². The number of furan rings is 1. The number of hydrogen-bond acceptors (Lipinski definition) is 6. The number of anilines is 1. The Kier molecular flexibility index (Phi) is 5.21. The van der Waals surface area contributed by atoms with Crippen LogP contribution in [0.25, 0.3) is 0 Å². The largest absolute Gasteiger partial charge is 0.467 e. The summed E-state index contributed by atoms with van der Waals surface area (Å²) >= 11 is 0. The van der Waals surface area contributed by atoms with Gasteiger partial charge in [-0.25, -0.2) is 0 Å². The number of rotatable bonds is 6. The highest BCUT2D eigenvalue weighted by atomic mass is 16.6. The second-order valence-electron chi connectivity index (χ2n) is 5.99. The van der Waals surface area contributed by atoms with Gasteiger partial charge < -0.3 is 15.1 Å². The van der Waals surface area contributed by atoms with Gasteiger partial charge in [0.15, 0.2) is 5.69 Å². The highest BCUT2D eigenvalue weighted by Crippen LogP contribution is 2.23. The van der Waals surface area contributed by atoms with Crippen LogP contribution in [-0.4, -0.2) is 26.5 Å². The molecule has 0 fully saturated rings. The van der Waals surface area contributed by atoms with E-state index in [2.05, 4.69) is 15.7 Å². The first-order valence-corrected chi connectivity index (χ1v) is 8.26. The van der Waals surface area contributed by atoms with Crippen LogP contribution in [0.2, 0.25) is 0 Å². The van der Waals surface area contributed by atoms with Crippen molar-refractivity contribution in [1.29, 1.82) is 0 Å². The van der Waals surface area contributed by atoms with E-state index in [4.69, 9.17) is 4.42 Å². The van der Waals surface area contributed by atoms with Crippen LogP contribution in [0.15, 0.2) is 47.2 Å². The monoisotopic (exact) mass is 383 g/mol. The summed E-state index contributed by atoms with van der Waals surface area (Å²) in [4.78, 5) is 35.6. The van der Waals surface area contributed by atoms with Gasteiger partial charge in [0.25, 0.3) is 17.5 Å². The van der Waals surface area contributed by atoms with Gasteiger partial charge in [-0.1, -0.05) is 6.07 Å². The summed E-state index contributed by atoms with van der Waals surface area (Å²) in [5, 5.41) is 20.4. The zero-order chi connectivity index (χ0) is 20.3. The number of nitro groups is 1. The van der Waals surface area contributed by atoms with Crippen molar-refractivity contribution in [2.75, 3.05) is 5.32 Å². The molecule has 3 aromatic rings. The molecule has 2 aromatic heterocycles. The predicted octanol–water partition coefficient (Wildman–Crippen LogP) is 2.41. The summed E-state index contributed by atoms with van der Waals surface area (Å²) in [7, 11) is 1.61. The Morgan fingerprint density at radius 2 is 2.04 bits per heavy atom. The molecule has 0 aliphatic rings. The fraction of sp³-hybridized carbons (Fsp3) is 0.167. The molecule has 2 N–H and O–H groups in total. The fourth-order valence-electron chi connectivity index (χ4n) is 2.67. The molecule has 144 valence electrons. The van der Waals surface area contributed by atoms with Crippen LogP contribution in [0.5, 0.6) is 0 Å². The summed E-state index contributed by atoms with van der Waals surface area (Å²) < 4.78 is 6.54. The van der Waals surface area contributed by atoms with Crippen molar-refractivity contribution >= 4 is 23.2 Å². The van der Waals surface area contributed by atoms with Gasteiger partial charge in [-0.05, 0) is 25.1 Å². The minimum absolute atomic E-state index is 0.0190. The van der Waals surface area contributed by atoms with Crippen LogP contribution in [0.4, 0.5) is 11.4 Å². The van der Waals surface area contributed by atoms with Crippen LogP contribution in [0.3, 0.4) is 0 Å². The van der Waals surface area contributed by atoms with Crippen molar-refractivity contribution in [3.63, 3.8) is 0 Å². The van der Waals surface area contributed by atoms with E-state index in [0.717, 1.165) is 0 Å². The second-order valence-corrected chi connectivity index (χ2v) is 5.99. The maximum atomic E-state index is 12.6. The minimum Gasteiger partial charge on any atom is -0.467 e. The van der Waals surface area contributed by atoms with E-state index in [1.165, 1.54) is 42.3 Å². The molecule has 0 saturated carbocycles. The second kappa shape index (κ2) is 7.74. The van der Waals surface area contributed by atoms with E-state index in [1.54, 1.807) is 19.2 Å². The Morgan fingerprint density at radius 1 is 1.25 bits per heavy atom. The van der Waals surface area contributed by atoms with Gasteiger partial charge in [0.05, 0.1) is 23.4 Å². The molecule has 10 heteroatoms. The third-order valence-electron chi connectivity index (χ3n) is 4.04. The SMILES string of the molecule is Cc1c(C(=O)Nc2cn(C)nc2C(=O)NCc2ccco2)cccc1[N+](=O)[O-]. The molecule has 0 saturated heterocycles. The molecule has 28 heavy (non-hydrogen) atoms. The molecular weight excluding hydrogens is 366 g/mol. The number of nitrogens with one attached hydrogen (secondary N) is 2. The quantitative estimate of drug-likeness (QED) is 0.496. The van der Waals surface area contributed by atoms with Gasteiger partial charge in [0.2, 0.25) is 0 Å². The van der Waals surface area contributed by atoms with E-state index in [1.807, 2.05) is 0 Å². The van der Waals surface area contributed by atoms with Gasteiger partial charge in [-0.2, -0.15) is 5.10 Å². The Labute approximate surface area is 159 Å². The molecule has 0 spiro atoms. The van der Waals surface area contributed by atoms with Gasteiger partial charge in [-0.3, -0.25) is 24.4 Å². The molecule has 1 aromatic carbocycles. The average Bonchev–Trinajstić information content (AvgIpc) is 3.29. The Bertz CT molecular complexity index is 1040. The van der Waals surface area contributed by atoms with Crippen molar-refractivity contribution in [1.82, 2.24) is 15.1 Å². The van der Waals surface area contributed by atoms with Crippen molar-refractivity contribution in [3.8, 4) is 0 Å². The Hall–Kier alpha value is -3.95. The van der Waals surface area contributed by atoms with E-state index >= 15 is 0 Å². The zero-order valence-corrected chi connectivity index (χ0v) is 15.1. The van der Waals surface area contributed by atoms with E-state index in [-0.39, 0.29) is 34.7 Å². The number of nitrogens with zero attached hydrogens (tertiary/aromatic N) is 3. The number of aryl methyl sites for hydroxylation is 1. The standard InChI is InChI=1S/C18H17N5O5/c1-11-13(6-3-7-15(11)23(26)27)17(24)20-14-10-22(2)21-16(14)18(25)19-9-12-5-4-8-28-12/h3-8,10H,9H2,1-2H3,(H,19,25)(H,20,24). The van der Waals surface area contributed by atoms with Crippen LogP contribution in [-0.2, 0) is 13.6 Å². The van der Waals surface area contributed by atoms with Crippen LogP contribution < -0.4 is 10.6 Å². The minimum atomic E-state index is -0.575. The maximum Gasteiger partial charge on any atom is 0.274 e. The molecule has 3 rings (SSSR count). The molecule has 0 radical (unpaired) electrons. The first kappa shape index (κ1) is 18.8. The zero-order valence-electron chi connectivity index (χ0n) is 15.1. The van der Waals surface area contributed by atoms with E-state index < -0.39 is 16.7 Å². The van der Waals surface area contributed by atoms with Gasteiger partial charge >= 0.3 is 0 Å². The highest BCUT2D eigenvalue weighted by molar-refractivity contribution is 6.09. The van der Waals surface area contributed by atoms with Crippen LogP contribution in [0.1, 0.15) is 32.2 Å². The molecule has 0 bridgehead atoms. The normalized spacial score (nSPS) is 10.5. The number of nitro benzene ring substituents is 1. The van der Waals surface area contributed by atoms with Crippen molar-refractivity contribution in [3.05, 3.63) is 75.5 Å². The number of carbonyl (C=O) groups excluding carboxylic acids is 2. The molecule has 0 aliphatic carbocycles. The number of hydrogen-bond donors (Lipinski definition) is 2. The first-order valence-electron chi connectivity index (χ1n) is 8.26. The Balaban J connectivity index is 1.79. The molecule has 0 unspecified atom stereocenters. The number of amides is 2. The number of aromatic nitrogens is 2. The molecular formula is C18H17N5O5. The first-order chi connectivity index (χ1) is 13.4. The lowest BCUT2D eigenvalue weighted by molar-refractivity contribution is -0.385. The lowest BCUT2D eigenvalue weighted by atomic mass is 10.1. The van der Waals surface area contributed by atoms with Crippen molar-refractivity contribution in [2.24, 2.45) is 7.05 Å². The smallest absolute Gasteiger partial charge is 0.274 e. The summed E-state index contributed by atoms with van der Waals surface area (Å²) in [6.45, 7) is 1.66. The fourth-order valence-corrected chi connectivity index (χ4v) is 2.67. The molecule has 0 aliphatic heterocycles. The number of carbonyl (C=O) groups is 2. The van der Waals surface area contributed by atoms with Crippen LogP contribution in [0, 0.1) is 17.0 Å². The van der Waals surface area contributed by atoms with E-state index in [0.29, 0.717) is 5.76 Å². The van der Waals surface area contributed by atoms with Gasteiger partial charge in [-0.15, -0.1) is 0 Å². The lowest BCUT2D eigenvalue weighted by Crippen LogP contribution is -2.25. The molecule has 0 atom stereocenters. The Morgan fingerprint density at radius 3 is 2.71 bits per heavy atom. The maximum absolute atomic E-state index is 12.6. The average molecular weight is 383 g/mol. The third kappa shape index (κ3) is 3.90. The summed E-state index contributed by atoms with van der Waals surface area (Å²) in [6, 6.07) is 7.65. The third-order valence-corrected chi connectivity index (χ3v) is 4.04. The molecule has 2 heterocycles. The topological polar surface area (TPSA) is 132 Å². The summed E-state index contributed by atoms with van der Waals surface area (Å²) in [5.41, 5.74) is 0.425. The lowest BCUT2D eigenvalue weighted by Gasteiger charge is -2.08. The number of benzene rings is 1. The molecule has 2 amide bonds.